The smallest absolute Gasteiger partial charge is 0.329 e. The van der Waals surface area contributed by atoms with Crippen LogP contribution in [0.5, 0.6) is 0 Å². The van der Waals surface area contributed by atoms with Gasteiger partial charge in [0.25, 0.3) is 5.91 Å². The van der Waals surface area contributed by atoms with Crippen LogP contribution in [0.2, 0.25) is 0 Å². The van der Waals surface area contributed by atoms with Crippen molar-refractivity contribution in [1.29, 1.82) is 0 Å². The van der Waals surface area contributed by atoms with Crippen LogP contribution in [0, 0.1) is 24.4 Å². The lowest BCUT2D eigenvalue weighted by Crippen LogP contribution is -2.28. The highest BCUT2D eigenvalue weighted by molar-refractivity contribution is 8.14. The van der Waals surface area contributed by atoms with Crippen LogP contribution >= 0.6 is 11.8 Å². The third kappa shape index (κ3) is 3.02. The van der Waals surface area contributed by atoms with Crippen LogP contribution in [0.4, 0.5) is 13.2 Å². The van der Waals surface area contributed by atoms with Crippen LogP contribution < -0.4 is 5.32 Å². The second-order valence-corrected chi connectivity index (χ2v) is 5.22. The number of hydrogen-bond donors (Lipinski definition) is 2. The summed E-state index contributed by atoms with van der Waals surface area (Å²) >= 11 is 0.995. The largest absolute Gasteiger partial charge is 0.480 e. The monoisotopic (exact) mass is 318 g/mol. The molecule has 21 heavy (non-hydrogen) atoms. The van der Waals surface area contributed by atoms with Gasteiger partial charge in [-0.2, -0.15) is 0 Å². The number of amidine groups is 1. The minimum atomic E-state index is -1.65. The van der Waals surface area contributed by atoms with E-state index < -0.39 is 35.4 Å². The number of aliphatic carboxylic acids is 1. The molecule has 0 aromatic heterocycles. The van der Waals surface area contributed by atoms with Crippen molar-refractivity contribution in [2.24, 2.45) is 4.99 Å². The summed E-state index contributed by atoms with van der Waals surface area (Å²) in [7, 11) is 0. The molecule has 0 radical (unpaired) electrons. The number of thioether (sulfide) groups is 1. The Balaban J connectivity index is 2.23. The summed E-state index contributed by atoms with van der Waals surface area (Å²) in [6.07, 6.45) is 0. The molecule has 1 aliphatic heterocycles. The number of hydrogen-bond acceptors (Lipinski definition) is 4. The van der Waals surface area contributed by atoms with Crippen LogP contribution in [0.25, 0.3) is 0 Å². The SMILES string of the molecule is Cc1c(C(=O)NC2=NC(C(=O)O)CS2)cc(F)c(F)c1F. The van der Waals surface area contributed by atoms with E-state index in [0.717, 1.165) is 18.7 Å². The number of carbonyl (C=O) groups is 2. The number of carbonyl (C=O) groups excluding carboxylic acids is 1. The molecule has 1 amide bonds. The van der Waals surface area contributed by atoms with Crippen LogP contribution in [-0.4, -0.2) is 33.9 Å². The fourth-order valence-corrected chi connectivity index (χ4v) is 2.55. The zero-order chi connectivity index (χ0) is 15.7. The fraction of sp³-hybridized carbons (Fsp3) is 0.250. The normalized spacial score (nSPS) is 17.5. The van der Waals surface area contributed by atoms with E-state index in [4.69, 9.17) is 5.11 Å². The molecule has 0 bridgehead atoms. The van der Waals surface area contributed by atoms with Crippen molar-refractivity contribution in [3.8, 4) is 0 Å². The highest BCUT2D eigenvalue weighted by Crippen LogP contribution is 2.21. The zero-order valence-corrected chi connectivity index (χ0v) is 11.4. The highest BCUT2D eigenvalue weighted by atomic mass is 32.2. The summed E-state index contributed by atoms with van der Waals surface area (Å²) in [6, 6.07) is -0.397. The molecule has 1 atom stereocenters. The first-order chi connectivity index (χ1) is 9.81. The lowest BCUT2D eigenvalue weighted by molar-refractivity contribution is -0.137. The maximum absolute atomic E-state index is 13.4. The van der Waals surface area contributed by atoms with Crippen LogP contribution in [0.1, 0.15) is 15.9 Å². The molecular formula is C12H9F3N2O3S. The first-order valence-corrected chi connectivity index (χ1v) is 6.68. The number of nitrogens with zero attached hydrogens (tertiary/aromatic N) is 1. The Hall–Kier alpha value is -2.03. The van der Waals surface area contributed by atoms with E-state index in [1.54, 1.807) is 0 Å². The summed E-state index contributed by atoms with van der Waals surface area (Å²) in [5.74, 6) is -6.44. The number of aliphatic imine (C=N–C) groups is 1. The zero-order valence-electron chi connectivity index (χ0n) is 10.6. The molecule has 1 aliphatic rings. The molecule has 2 N–H and O–H groups in total. The lowest BCUT2D eigenvalue weighted by atomic mass is 10.1. The Kier molecular flexibility index (Phi) is 4.21. The molecule has 0 saturated carbocycles. The molecule has 1 heterocycles. The highest BCUT2D eigenvalue weighted by Gasteiger charge is 2.27. The molecule has 5 nitrogen and oxygen atoms in total. The van der Waals surface area contributed by atoms with Gasteiger partial charge in [0.2, 0.25) is 0 Å². The van der Waals surface area contributed by atoms with Gasteiger partial charge in [0.1, 0.15) is 0 Å². The van der Waals surface area contributed by atoms with Crippen molar-refractivity contribution in [1.82, 2.24) is 5.32 Å². The van der Waals surface area contributed by atoms with E-state index in [-0.39, 0.29) is 22.0 Å². The molecule has 1 aromatic carbocycles. The van der Waals surface area contributed by atoms with Gasteiger partial charge < -0.3 is 10.4 Å². The number of amides is 1. The Morgan fingerprint density at radius 3 is 2.62 bits per heavy atom. The van der Waals surface area contributed by atoms with Crippen molar-refractivity contribution >= 4 is 28.8 Å². The molecule has 0 fully saturated rings. The van der Waals surface area contributed by atoms with Crippen LogP contribution in [0.15, 0.2) is 11.1 Å². The fourth-order valence-electron chi connectivity index (χ4n) is 1.66. The summed E-state index contributed by atoms with van der Waals surface area (Å²) in [5, 5.41) is 11.0. The number of halogens is 3. The molecule has 1 unspecified atom stereocenters. The number of rotatable bonds is 2. The predicted molar refractivity (Wildman–Crippen MR) is 69.8 cm³/mol. The lowest BCUT2D eigenvalue weighted by Gasteiger charge is -2.08. The predicted octanol–water partition coefficient (Wildman–Crippen LogP) is 1.70. The summed E-state index contributed by atoms with van der Waals surface area (Å²) < 4.78 is 39.5. The van der Waals surface area contributed by atoms with Gasteiger partial charge in [-0.15, -0.1) is 0 Å². The Morgan fingerprint density at radius 1 is 1.38 bits per heavy atom. The quantitative estimate of drug-likeness (QED) is 0.814. The first kappa shape index (κ1) is 15.4. The van der Waals surface area contributed by atoms with Crippen molar-refractivity contribution in [3.63, 3.8) is 0 Å². The number of nitrogens with one attached hydrogen (secondary N) is 1. The van der Waals surface area contributed by atoms with Gasteiger partial charge in [-0.25, -0.2) is 23.0 Å². The van der Waals surface area contributed by atoms with Crippen molar-refractivity contribution < 1.29 is 27.9 Å². The Morgan fingerprint density at radius 2 is 2.05 bits per heavy atom. The molecule has 1 aromatic rings. The number of carboxylic acid groups (broad SMARTS) is 1. The summed E-state index contributed by atoms with van der Waals surface area (Å²) in [4.78, 5) is 26.3. The van der Waals surface area contributed by atoms with E-state index in [1.807, 2.05) is 0 Å². The Labute approximate surface area is 121 Å². The molecule has 9 heteroatoms. The van der Waals surface area contributed by atoms with Crippen LogP contribution in [-0.2, 0) is 4.79 Å². The minimum Gasteiger partial charge on any atom is -0.480 e. The summed E-state index contributed by atoms with van der Waals surface area (Å²) in [6.45, 7) is 1.14. The second kappa shape index (κ2) is 5.76. The maximum atomic E-state index is 13.4. The maximum Gasteiger partial charge on any atom is 0.329 e. The van der Waals surface area contributed by atoms with Gasteiger partial charge in [-0.3, -0.25) is 4.79 Å². The standard InChI is InChI=1S/C12H9F3N2O3S/c1-4-5(2-6(13)9(15)8(4)14)10(18)17-12-16-7(3-21-12)11(19)20/h2,7H,3H2,1H3,(H,19,20)(H,16,17,18). The van der Waals surface area contributed by atoms with E-state index in [0.29, 0.717) is 6.07 Å². The molecular weight excluding hydrogens is 309 g/mol. The van der Waals surface area contributed by atoms with E-state index in [2.05, 4.69) is 10.3 Å². The third-order valence-corrected chi connectivity index (χ3v) is 3.77. The molecule has 112 valence electrons. The number of benzene rings is 1. The third-order valence-electron chi connectivity index (χ3n) is 2.81. The van der Waals surface area contributed by atoms with Crippen molar-refractivity contribution in [2.45, 2.75) is 13.0 Å². The van der Waals surface area contributed by atoms with Gasteiger partial charge in [0.05, 0.1) is 0 Å². The van der Waals surface area contributed by atoms with E-state index in [9.17, 15) is 22.8 Å². The van der Waals surface area contributed by atoms with Crippen molar-refractivity contribution in [3.05, 3.63) is 34.6 Å². The van der Waals surface area contributed by atoms with E-state index in [1.165, 1.54) is 0 Å². The molecule has 2 rings (SSSR count). The van der Waals surface area contributed by atoms with Gasteiger partial charge in [0.15, 0.2) is 28.7 Å². The van der Waals surface area contributed by atoms with E-state index >= 15 is 0 Å². The Bertz CT molecular complexity index is 664. The van der Waals surface area contributed by atoms with Gasteiger partial charge in [-0.05, 0) is 13.0 Å². The van der Waals surface area contributed by atoms with Crippen LogP contribution in [0.3, 0.4) is 0 Å². The summed E-state index contributed by atoms with van der Waals surface area (Å²) in [5.41, 5.74) is -0.724. The van der Waals surface area contributed by atoms with Gasteiger partial charge in [-0.1, -0.05) is 11.8 Å². The first-order valence-electron chi connectivity index (χ1n) is 5.70. The van der Waals surface area contributed by atoms with Gasteiger partial charge in [0, 0.05) is 16.9 Å². The second-order valence-electron chi connectivity index (χ2n) is 4.21. The minimum absolute atomic E-state index is 0.0388. The molecule has 0 aliphatic carbocycles. The average Bonchev–Trinajstić information content (AvgIpc) is 2.89. The molecule has 0 saturated heterocycles. The topological polar surface area (TPSA) is 78.8 Å². The number of carboxylic acids is 1. The average molecular weight is 318 g/mol. The van der Waals surface area contributed by atoms with Crippen molar-refractivity contribution in [2.75, 3.05) is 5.75 Å². The van der Waals surface area contributed by atoms with Gasteiger partial charge >= 0.3 is 5.97 Å². The molecule has 0 spiro atoms.